The van der Waals surface area contributed by atoms with Crippen molar-refractivity contribution in [2.24, 2.45) is 0 Å². The molecular weight excluding hydrogens is 438 g/mol. The lowest BCUT2D eigenvalue weighted by molar-refractivity contribution is 0.0486. The van der Waals surface area contributed by atoms with Crippen molar-refractivity contribution >= 4 is 16.9 Å². The minimum absolute atomic E-state index is 0.0677. The van der Waals surface area contributed by atoms with E-state index in [1.165, 1.54) is 21.3 Å². The third-order valence-electron chi connectivity index (χ3n) is 6.55. The van der Waals surface area contributed by atoms with E-state index in [9.17, 15) is 9.59 Å². The zero-order chi connectivity index (χ0) is 24.0. The van der Waals surface area contributed by atoms with Crippen LogP contribution in [0.3, 0.4) is 0 Å². The van der Waals surface area contributed by atoms with Crippen LogP contribution in [-0.4, -0.2) is 51.4 Å². The largest absolute Gasteiger partial charge is 0.493 e. The molecule has 1 saturated heterocycles. The maximum absolute atomic E-state index is 13.8. The fourth-order valence-electron chi connectivity index (χ4n) is 4.94. The number of ether oxygens (including phenoxy) is 4. The lowest BCUT2D eigenvalue weighted by Gasteiger charge is -2.28. The van der Waals surface area contributed by atoms with E-state index < -0.39 is 6.04 Å². The zero-order valence-corrected chi connectivity index (χ0v) is 19.7. The summed E-state index contributed by atoms with van der Waals surface area (Å²) in [6.45, 7) is 2.92. The van der Waals surface area contributed by atoms with E-state index in [0.717, 1.165) is 18.4 Å². The summed E-state index contributed by atoms with van der Waals surface area (Å²) >= 11 is 0. The van der Waals surface area contributed by atoms with Crippen molar-refractivity contribution in [1.82, 2.24) is 4.90 Å². The molecule has 2 aliphatic heterocycles. The number of amides is 1. The summed E-state index contributed by atoms with van der Waals surface area (Å²) < 4.78 is 28.4. The van der Waals surface area contributed by atoms with E-state index in [1.807, 2.05) is 13.0 Å². The standard InChI is InChI=1S/C26H27NO7/c1-14-7-8-18-17(10-14)23(28)21-22(15-11-19(30-2)24(32-4)20(12-15)31-3)27(26(29)25(21)34-18)13-16-6-5-9-33-16/h7-8,10-12,16,22H,5-6,9,13H2,1-4H3/t16-,22+/m0/s1. The molecular formula is C26H27NO7. The SMILES string of the molecule is COc1cc([C@@H]2c3c(oc4ccc(C)cc4c3=O)C(=O)N2C[C@@H]2CCCO2)cc(OC)c1OC. The second-order valence-electron chi connectivity index (χ2n) is 8.63. The summed E-state index contributed by atoms with van der Waals surface area (Å²) in [5, 5.41) is 0.447. The van der Waals surface area contributed by atoms with Crippen molar-refractivity contribution in [2.45, 2.75) is 31.9 Å². The quantitative estimate of drug-likeness (QED) is 0.546. The van der Waals surface area contributed by atoms with Crippen LogP contribution in [0.4, 0.5) is 0 Å². The Hall–Kier alpha value is -3.52. The molecule has 3 aromatic rings. The van der Waals surface area contributed by atoms with E-state index in [-0.39, 0.29) is 23.2 Å². The van der Waals surface area contributed by atoms with E-state index in [4.69, 9.17) is 23.4 Å². The number of aryl methyl sites for hydroxylation is 1. The Morgan fingerprint density at radius 2 is 1.76 bits per heavy atom. The predicted octanol–water partition coefficient (Wildman–Crippen LogP) is 3.85. The number of carbonyl (C=O) groups excluding carboxylic acids is 1. The van der Waals surface area contributed by atoms with Crippen molar-refractivity contribution in [3.05, 3.63) is 63.0 Å². The Morgan fingerprint density at radius 3 is 2.38 bits per heavy atom. The number of hydrogen-bond acceptors (Lipinski definition) is 7. The number of nitrogens with zero attached hydrogens (tertiary/aromatic N) is 1. The van der Waals surface area contributed by atoms with Crippen molar-refractivity contribution in [2.75, 3.05) is 34.5 Å². The Labute approximate surface area is 197 Å². The second kappa shape index (κ2) is 8.68. The first-order valence-electron chi connectivity index (χ1n) is 11.3. The lowest BCUT2D eigenvalue weighted by atomic mass is 9.97. The molecule has 8 heteroatoms. The normalized spacial score (nSPS) is 19.5. The van der Waals surface area contributed by atoms with Gasteiger partial charge < -0.3 is 28.3 Å². The van der Waals surface area contributed by atoms with Gasteiger partial charge >= 0.3 is 0 Å². The average molecular weight is 466 g/mol. The molecule has 0 N–H and O–H groups in total. The molecule has 0 saturated carbocycles. The minimum Gasteiger partial charge on any atom is -0.493 e. The molecule has 0 radical (unpaired) electrons. The number of carbonyl (C=O) groups is 1. The molecule has 1 aromatic heterocycles. The number of rotatable bonds is 6. The molecule has 34 heavy (non-hydrogen) atoms. The van der Waals surface area contributed by atoms with Gasteiger partial charge in [-0.3, -0.25) is 9.59 Å². The summed E-state index contributed by atoms with van der Waals surface area (Å²) in [5.74, 6) is 1.05. The summed E-state index contributed by atoms with van der Waals surface area (Å²) in [4.78, 5) is 29.0. The molecule has 2 aromatic carbocycles. The van der Waals surface area contributed by atoms with E-state index >= 15 is 0 Å². The van der Waals surface area contributed by atoms with Gasteiger partial charge in [0.25, 0.3) is 5.91 Å². The van der Waals surface area contributed by atoms with Crippen LogP contribution in [0.15, 0.2) is 39.5 Å². The topological polar surface area (TPSA) is 87.4 Å². The van der Waals surface area contributed by atoms with Gasteiger partial charge in [0.2, 0.25) is 11.5 Å². The van der Waals surface area contributed by atoms with Crippen LogP contribution in [0.5, 0.6) is 17.2 Å². The van der Waals surface area contributed by atoms with Crippen molar-refractivity contribution in [3.63, 3.8) is 0 Å². The maximum atomic E-state index is 13.8. The molecule has 2 atom stereocenters. The minimum atomic E-state index is -0.679. The number of methoxy groups -OCH3 is 3. The lowest BCUT2D eigenvalue weighted by Crippen LogP contribution is -2.36. The monoisotopic (exact) mass is 465 g/mol. The van der Waals surface area contributed by atoms with Gasteiger partial charge in [0.15, 0.2) is 16.9 Å². The molecule has 8 nitrogen and oxygen atoms in total. The molecule has 5 rings (SSSR count). The van der Waals surface area contributed by atoms with Gasteiger partial charge in [-0.2, -0.15) is 0 Å². The highest BCUT2D eigenvalue weighted by atomic mass is 16.5. The third kappa shape index (κ3) is 3.49. The van der Waals surface area contributed by atoms with Crippen LogP contribution in [0.1, 0.15) is 46.1 Å². The van der Waals surface area contributed by atoms with Crippen LogP contribution in [0.2, 0.25) is 0 Å². The second-order valence-corrected chi connectivity index (χ2v) is 8.63. The summed E-state index contributed by atoms with van der Waals surface area (Å²) in [5.41, 5.74) is 2.09. The molecule has 3 heterocycles. The third-order valence-corrected chi connectivity index (χ3v) is 6.55. The van der Waals surface area contributed by atoms with Crippen molar-refractivity contribution in [1.29, 1.82) is 0 Å². The van der Waals surface area contributed by atoms with Crippen LogP contribution in [-0.2, 0) is 4.74 Å². The highest BCUT2D eigenvalue weighted by Crippen LogP contribution is 2.45. The van der Waals surface area contributed by atoms with Crippen LogP contribution in [0.25, 0.3) is 11.0 Å². The Kier molecular flexibility index (Phi) is 5.69. The first-order valence-corrected chi connectivity index (χ1v) is 11.3. The molecule has 0 bridgehead atoms. The first kappa shape index (κ1) is 22.3. The van der Waals surface area contributed by atoms with Gasteiger partial charge in [0.1, 0.15) is 5.58 Å². The van der Waals surface area contributed by atoms with Crippen molar-refractivity contribution < 1.29 is 28.2 Å². The summed E-state index contributed by atoms with van der Waals surface area (Å²) in [6.07, 6.45) is 1.69. The Morgan fingerprint density at radius 1 is 1.03 bits per heavy atom. The Bertz CT molecular complexity index is 1300. The van der Waals surface area contributed by atoms with E-state index in [0.29, 0.717) is 52.5 Å². The van der Waals surface area contributed by atoms with Gasteiger partial charge in [-0.15, -0.1) is 0 Å². The summed E-state index contributed by atoms with van der Waals surface area (Å²) in [6, 6.07) is 8.25. The van der Waals surface area contributed by atoms with Crippen LogP contribution < -0.4 is 19.6 Å². The fourth-order valence-corrected chi connectivity index (χ4v) is 4.94. The van der Waals surface area contributed by atoms with Gasteiger partial charge in [-0.05, 0) is 49.6 Å². The smallest absolute Gasteiger partial charge is 0.291 e. The Balaban J connectivity index is 1.75. The van der Waals surface area contributed by atoms with Gasteiger partial charge in [-0.25, -0.2) is 0 Å². The van der Waals surface area contributed by atoms with E-state index in [2.05, 4.69) is 0 Å². The number of benzene rings is 2. The first-order chi connectivity index (χ1) is 16.5. The van der Waals surface area contributed by atoms with Gasteiger partial charge in [0, 0.05) is 13.2 Å². The fraction of sp³-hybridized carbons (Fsp3) is 0.385. The molecule has 0 spiro atoms. The summed E-state index contributed by atoms with van der Waals surface area (Å²) in [7, 11) is 4.59. The van der Waals surface area contributed by atoms with Gasteiger partial charge in [0.05, 0.1) is 44.4 Å². The maximum Gasteiger partial charge on any atom is 0.291 e. The average Bonchev–Trinajstić information content (AvgIpc) is 3.46. The molecule has 2 aliphatic rings. The highest BCUT2D eigenvalue weighted by Gasteiger charge is 2.44. The number of hydrogen-bond donors (Lipinski definition) is 0. The zero-order valence-electron chi connectivity index (χ0n) is 19.7. The molecule has 178 valence electrons. The van der Waals surface area contributed by atoms with E-state index in [1.54, 1.807) is 29.2 Å². The molecule has 1 amide bonds. The molecule has 0 unspecified atom stereocenters. The highest BCUT2D eigenvalue weighted by molar-refractivity contribution is 5.99. The molecule has 0 aliphatic carbocycles. The van der Waals surface area contributed by atoms with Crippen LogP contribution in [0, 0.1) is 6.92 Å². The van der Waals surface area contributed by atoms with Crippen molar-refractivity contribution in [3.8, 4) is 17.2 Å². The van der Waals surface area contributed by atoms with Gasteiger partial charge in [-0.1, -0.05) is 11.6 Å². The predicted molar refractivity (Wildman–Crippen MR) is 125 cm³/mol. The number of fused-ring (bicyclic) bond motifs is 2. The molecule has 1 fully saturated rings. The van der Waals surface area contributed by atoms with Crippen LogP contribution >= 0.6 is 0 Å².